The Morgan fingerprint density at radius 1 is 0.967 bits per heavy atom. The minimum absolute atomic E-state index is 0.0245. The van der Waals surface area contributed by atoms with Gasteiger partial charge in [-0.05, 0) is 58.1 Å². The molecule has 0 bridgehead atoms. The lowest BCUT2D eigenvalue weighted by Gasteiger charge is -2.30. The van der Waals surface area contributed by atoms with Crippen LogP contribution in [0.3, 0.4) is 0 Å². The van der Waals surface area contributed by atoms with Gasteiger partial charge in [0.15, 0.2) is 0 Å². The minimum Gasteiger partial charge on any atom is -0.410 e. The Morgan fingerprint density at radius 2 is 1.50 bits per heavy atom. The topological polar surface area (TPSA) is 49.8 Å². The van der Waals surface area contributed by atoms with Crippen LogP contribution in [0.15, 0.2) is 66.7 Å². The van der Waals surface area contributed by atoms with Gasteiger partial charge in [0.25, 0.3) is 0 Å². The van der Waals surface area contributed by atoms with E-state index in [1.807, 2.05) is 94.4 Å². The highest BCUT2D eigenvalue weighted by molar-refractivity contribution is 5.77. The van der Waals surface area contributed by atoms with Gasteiger partial charge in [0, 0.05) is 23.6 Å². The molecule has 1 N–H and O–H groups in total. The molecule has 160 valence electrons. The summed E-state index contributed by atoms with van der Waals surface area (Å²) >= 11 is 0. The van der Waals surface area contributed by atoms with Gasteiger partial charge in [0.05, 0.1) is 6.10 Å². The van der Waals surface area contributed by atoms with Gasteiger partial charge in [-0.3, -0.25) is 0 Å². The maximum absolute atomic E-state index is 13.0. The molecule has 2 atom stereocenters. The summed E-state index contributed by atoms with van der Waals surface area (Å²) in [7, 11) is 0. The SMILES string of the molecule is CC(C)N(C(=O)O/C(=C\[C@H](c1ccccc1)[C@H](O)C1CC1)c1ccccc1)C(C)C. The van der Waals surface area contributed by atoms with Gasteiger partial charge in [0.2, 0.25) is 0 Å². The van der Waals surface area contributed by atoms with Crippen LogP contribution >= 0.6 is 0 Å². The van der Waals surface area contributed by atoms with Crippen LogP contribution in [0.4, 0.5) is 4.79 Å². The van der Waals surface area contributed by atoms with Crippen molar-refractivity contribution in [2.75, 3.05) is 0 Å². The van der Waals surface area contributed by atoms with E-state index in [0.717, 1.165) is 24.0 Å². The van der Waals surface area contributed by atoms with E-state index < -0.39 is 6.10 Å². The fourth-order valence-corrected chi connectivity index (χ4v) is 3.92. The van der Waals surface area contributed by atoms with E-state index in [4.69, 9.17) is 4.74 Å². The lowest BCUT2D eigenvalue weighted by atomic mass is 9.89. The van der Waals surface area contributed by atoms with E-state index in [-0.39, 0.29) is 24.1 Å². The van der Waals surface area contributed by atoms with Gasteiger partial charge in [0.1, 0.15) is 5.76 Å². The number of aliphatic hydroxyl groups is 1. The molecule has 0 aliphatic heterocycles. The first-order valence-electron chi connectivity index (χ1n) is 10.9. The second-order valence-electron chi connectivity index (χ2n) is 8.62. The van der Waals surface area contributed by atoms with Crippen molar-refractivity contribution >= 4 is 11.9 Å². The minimum atomic E-state index is -0.504. The van der Waals surface area contributed by atoms with Crippen LogP contribution < -0.4 is 0 Å². The highest BCUT2D eigenvalue weighted by Gasteiger charge is 2.36. The molecule has 30 heavy (non-hydrogen) atoms. The molecular weight excluding hydrogens is 374 g/mol. The summed E-state index contributed by atoms with van der Waals surface area (Å²) in [5.74, 6) is 0.538. The van der Waals surface area contributed by atoms with Gasteiger partial charge in [-0.1, -0.05) is 60.7 Å². The van der Waals surface area contributed by atoms with Gasteiger partial charge in [-0.2, -0.15) is 0 Å². The van der Waals surface area contributed by atoms with Crippen LogP contribution in [0.2, 0.25) is 0 Å². The predicted molar refractivity (Wildman–Crippen MR) is 121 cm³/mol. The third kappa shape index (κ3) is 5.51. The Bertz CT molecular complexity index is 833. The molecule has 3 rings (SSSR count). The van der Waals surface area contributed by atoms with Crippen LogP contribution in [-0.2, 0) is 4.74 Å². The normalized spacial score (nSPS) is 16.4. The van der Waals surface area contributed by atoms with Crippen molar-refractivity contribution in [3.05, 3.63) is 77.9 Å². The standard InChI is InChI=1S/C26H33NO3/c1-18(2)27(19(3)4)26(29)30-24(21-13-9-6-10-14-21)17-23(25(28)22-15-16-22)20-11-7-5-8-12-20/h5-14,17-19,22-23,25,28H,15-16H2,1-4H3/b24-17-/t23-,25-/m1/s1. The van der Waals surface area contributed by atoms with Gasteiger partial charge < -0.3 is 14.7 Å². The number of ether oxygens (including phenoxy) is 1. The monoisotopic (exact) mass is 407 g/mol. The second kappa shape index (κ2) is 9.94. The number of amides is 1. The highest BCUT2D eigenvalue weighted by atomic mass is 16.6. The van der Waals surface area contributed by atoms with Crippen molar-refractivity contribution in [1.82, 2.24) is 4.90 Å². The number of rotatable bonds is 8. The molecule has 0 spiro atoms. The van der Waals surface area contributed by atoms with Crippen molar-refractivity contribution < 1.29 is 14.6 Å². The molecule has 0 radical (unpaired) electrons. The lowest BCUT2D eigenvalue weighted by Crippen LogP contribution is -2.42. The number of carbonyl (C=O) groups excluding carboxylic acids is 1. The van der Waals surface area contributed by atoms with Crippen LogP contribution in [0.25, 0.3) is 5.76 Å². The molecule has 1 fully saturated rings. The van der Waals surface area contributed by atoms with E-state index in [0.29, 0.717) is 11.7 Å². The molecule has 1 aliphatic rings. The molecule has 4 nitrogen and oxygen atoms in total. The van der Waals surface area contributed by atoms with Crippen LogP contribution in [0.1, 0.15) is 57.6 Å². The molecule has 2 aromatic carbocycles. The van der Waals surface area contributed by atoms with Crippen molar-refractivity contribution in [3.8, 4) is 0 Å². The zero-order valence-corrected chi connectivity index (χ0v) is 18.4. The third-order valence-corrected chi connectivity index (χ3v) is 5.57. The zero-order chi connectivity index (χ0) is 21.7. The van der Waals surface area contributed by atoms with Crippen LogP contribution in [0, 0.1) is 5.92 Å². The van der Waals surface area contributed by atoms with Gasteiger partial charge in [-0.15, -0.1) is 0 Å². The van der Waals surface area contributed by atoms with E-state index in [1.54, 1.807) is 4.90 Å². The van der Waals surface area contributed by atoms with Crippen LogP contribution in [-0.4, -0.2) is 34.3 Å². The Kier molecular flexibility index (Phi) is 7.33. The summed E-state index contributed by atoms with van der Waals surface area (Å²) in [6, 6.07) is 19.7. The fourth-order valence-electron chi connectivity index (χ4n) is 3.92. The largest absolute Gasteiger partial charge is 0.415 e. The van der Waals surface area contributed by atoms with E-state index in [1.165, 1.54) is 0 Å². The zero-order valence-electron chi connectivity index (χ0n) is 18.4. The Morgan fingerprint density at radius 3 is 2.00 bits per heavy atom. The second-order valence-corrected chi connectivity index (χ2v) is 8.62. The van der Waals surface area contributed by atoms with Crippen molar-refractivity contribution in [1.29, 1.82) is 0 Å². The molecule has 0 aromatic heterocycles. The number of benzene rings is 2. The number of hydrogen-bond donors (Lipinski definition) is 1. The first kappa shape index (κ1) is 22.1. The van der Waals surface area contributed by atoms with E-state index in [2.05, 4.69) is 0 Å². The van der Waals surface area contributed by atoms with E-state index >= 15 is 0 Å². The van der Waals surface area contributed by atoms with Crippen molar-refractivity contribution in [2.24, 2.45) is 5.92 Å². The average molecular weight is 408 g/mol. The number of aliphatic hydroxyl groups excluding tert-OH is 1. The Hall–Kier alpha value is -2.59. The van der Waals surface area contributed by atoms with Crippen LogP contribution in [0.5, 0.6) is 0 Å². The quantitative estimate of drug-likeness (QED) is 0.560. The molecule has 2 aromatic rings. The molecule has 0 saturated heterocycles. The number of nitrogens with zero attached hydrogens (tertiary/aromatic N) is 1. The first-order chi connectivity index (χ1) is 14.4. The lowest BCUT2D eigenvalue weighted by molar-refractivity contribution is 0.113. The summed E-state index contributed by atoms with van der Waals surface area (Å²) in [6.07, 6.45) is 3.12. The average Bonchev–Trinajstić information content (AvgIpc) is 3.56. The predicted octanol–water partition coefficient (Wildman–Crippen LogP) is 5.84. The number of carbonyl (C=O) groups is 1. The summed E-state index contributed by atoms with van der Waals surface area (Å²) in [5.41, 5.74) is 1.84. The molecular formula is C26H33NO3. The van der Waals surface area contributed by atoms with Crippen molar-refractivity contribution in [2.45, 2.75) is 64.6 Å². The highest BCUT2D eigenvalue weighted by Crippen LogP contribution is 2.40. The first-order valence-corrected chi connectivity index (χ1v) is 10.9. The van der Waals surface area contributed by atoms with Gasteiger partial charge in [-0.25, -0.2) is 4.79 Å². The molecule has 4 heteroatoms. The summed E-state index contributed by atoms with van der Waals surface area (Å²) in [6.45, 7) is 7.93. The maximum Gasteiger partial charge on any atom is 0.415 e. The summed E-state index contributed by atoms with van der Waals surface area (Å²) in [5, 5.41) is 11.0. The Labute approximate surface area is 180 Å². The molecule has 1 saturated carbocycles. The molecule has 0 unspecified atom stereocenters. The fraction of sp³-hybridized carbons (Fsp3) is 0.423. The molecule has 1 aliphatic carbocycles. The van der Waals surface area contributed by atoms with E-state index in [9.17, 15) is 9.90 Å². The van der Waals surface area contributed by atoms with Gasteiger partial charge >= 0.3 is 6.09 Å². The smallest absolute Gasteiger partial charge is 0.410 e. The summed E-state index contributed by atoms with van der Waals surface area (Å²) in [4.78, 5) is 14.8. The van der Waals surface area contributed by atoms with Crippen molar-refractivity contribution in [3.63, 3.8) is 0 Å². The molecule has 0 heterocycles. The summed E-state index contributed by atoms with van der Waals surface area (Å²) < 4.78 is 5.96. The number of hydrogen-bond acceptors (Lipinski definition) is 3. The Balaban J connectivity index is 1.99. The third-order valence-electron chi connectivity index (χ3n) is 5.57. The maximum atomic E-state index is 13.0. The molecule has 1 amide bonds.